The van der Waals surface area contributed by atoms with E-state index < -0.39 is 21.6 Å². The lowest BCUT2D eigenvalue weighted by molar-refractivity contribution is -0.0502. The number of halogens is 3. The SMILES string of the molecule is O=S(=O)(Oc1nc(-c2ccccc2)c[nH]1)C(F)(F)F. The van der Waals surface area contributed by atoms with Crippen LogP contribution in [0.25, 0.3) is 11.3 Å². The zero-order valence-electron chi connectivity index (χ0n) is 9.18. The minimum Gasteiger partial charge on any atom is -0.339 e. The molecule has 5 nitrogen and oxygen atoms in total. The first-order valence-electron chi connectivity index (χ1n) is 4.91. The first-order chi connectivity index (χ1) is 8.79. The van der Waals surface area contributed by atoms with Crippen LogP contribution in [-0.4, -0.2) is 23.9 Å². The van der Waals surface area contributed by atoms with E-state index in [1.807, 2.05) is 0 Å². The molecule has 102 valence electrons. The van der Waals surface area contributed by atoms with E-state index in [1.165, 1.54) is 6.20 Å². The molecule has 0 bridgehead atoms. The third kappa shape index (κ3) is 2.87. The smallest absolute Gasteiger partial charge is 0.339 e. The molecule has 1 N–H and O–H groups in total. The van der Waals surface area contributed by atoms with Crippen molar-refractivity contribution in [3.63, 3.8) is 0 Å². The van der Waals surface area contributed by atoms with Gasteiger partial charge in [-0.05, 0) is 0 Å². The monoisotopic (exact) mass is 292 g/mol. The number of hydrogen-bond acceptors (Lipinski definition) is 4. The van der Waals surface area contributed by atoms with Gasteiger partial charge in [0.1, 0.15) is 0 Å². The highest BCUT2D eigenvalue weighted by Gasteiger charge is 2.49. The number of H-pyrrole nitrogens is 1. The Labute approximate surface area is 106 Å². The number of alkyl halides is 3. The van der Waals surface area contributed by atoms with E-state index >= 15 is 0 Å². The lowest BCUT2D eigenvalue weighted by atomic mass is 10.2. The van der Waals surface area contributed by atoms with Crippen molar-refractivity contribution in [2.75, 3.05) is 0 Å². The van der Waals surface area contributed by atoms with Crippen LogP contribution in [0, 0.1) is 0 Å². The maximum Gasteiger partial charge on any atom is 0.534 e. The highest BCUT2D eigenvalue weighted by Crippen LogP contribution is 2.26. The van der Waals surface area contributed by atoms with Gasteiger partial charge in [0.15, 0.2) is 0 Å². The minimum atomic E-state index is -5.71. The van der Waals surface area contributed by atoms with E-state index in [4.69, 9.17) is 0 Å². The molecule has 0 saturated carbocycles. The third-order valence-electron chi connectivity index (χ3n) is 2.10. The number of nitrogens with zero attached hydrogens (tertiary/aromatic N) is 1. The van der Waals surface area contributed by atoms with Crippen LogP contribution in [0.5, 0.6) is 6.01 Å². The van der Waals surface area contributed by atoms with Crippen molar-refractivity contribution < 1.29 is 25.8 Å². The van der Waals surface area contributed by atoms with Gasteiger partial charge < -0.3 is 9.17 Å². The van der Waals surface area contributed by atoms with E-state index in [1.54, 1.807) is 30.3 Å². The zero-order valence-corrected chi connectivity index (χ0v) is 9.99. The van der Waals surface area contributed by atoms with Crippen LogP contribution >= 0.6 is 0 Å². The van der Waals surface area contributed by atoms with Crippen molar-refractivity contribution in [1.29, 1.82) is 0 Å². The summed E-state index contributed by atoms with van der Waals surface area (Å²) >= 11 is 0. The summed E-state index contributed by atoms with van der Waals surface area (Å²) in [4.78, 5) is 5.84. The van der Waals surface area contributed by atoms with E-state index in [0.717, 1.165) is 0 Å². The van der Waals surface area contributed by atoms with Crippen LogP contribution in [0.3, 0.4) is 0 Å². The molecule has 0 radical (unpaired) electrons. The van der Waals surface area contributed by atoms with E-state index in [-0.39, 0.29) is 5.69 Å². The molecule has 0 amide bonds. The molecule has 0 aliphatic carbocycles. The molecule has 9 heteroatoms. The first-order valence-corrected chi connectivity index (χ1v) is 6.32. The predicted molar refractivity (Wildman–Crippen MR) is 59.6 cm³/mol. The quantitative estimate of drug-likeness (QED) is 0.696. The molecule has 0 saturated heterocycles. The van der Waals surface area contributed by atoms with Crippen LogP contribution in [0.1, 0.15) is 0 Å². The van der Waals surface area contributed by atoms with Crippen LogP contribution in [0.2, 0.25) is 0 Å². The number of aromatic amines is 1. The molecule has 2 rings (SSSR count). The summed E-state index contributed by atoms with van der Waals surface area (Å²) in [7, 11) is -5.71. The molecule has 19 heavy (non-hydrogen) atoms. The number of benzene rings is 1. The van der Waals surface area contributed by atoms with E-state index in [0.29, 0.717) is 5.56 Å². The number of aromatic nitrogens is 2. The first kappa shape index (κ1) is 13.4. The summed E-state index contributed by atoms with van der Waals surface area (Å²) in [6.45, 7) is 0. The molecule has 1 aromatic carbocycles. The summed E-state index contributed by atoms with van der Waals surface area (Å²) in [5, 5.41) is 0. The highest BCUT2D eigenvalue weighted by molar-refractivity contribution is 7.87. The fourth-order valence-corrected chi connectivity index (χ4v) is 1.64. The minimum absolute atomic E-state index is 0.271. The van der Waals surface area contributed by atoms with Crippen LogP contribution < -0.4 is 4.18 Å². The Morgan fingerprint density at radius 3 is 2.37 bits per heavy atom. The second-order valence-electron chi connectivity index (χ2n) is 3.44. The molecule has 0 aliphatic heterocycles. The molecule has 2 aromatic rings. The fraction of sp³-hybridized carbons (Fsp3) is 0.100. The van der Waals surface area contributed by atoms with Gasteiger partial charge in [-0.1, -0.05) is 30.3 Å². The molecule has 0 spiro atoms. The topological polar surface area (TPSA) is 72.1 Å². The van der Waals surface area contributed by atoms with Crippen molar-refractivity contribution >= 4 is 10.1 Å². The highest BCUT2D eigenvalue weighted by atomic mass is 32.2. The Kier molecular flexibility index (Phi) is 3.23. The predicted octanol–water partition coefficient (Wildman–Crippen LogP) is 2.31. The normalized spacial score (nSPS) is 12.4. The summed E-state index contributed by atoms with van der Waals surface area (Å²) in [6.07, 6.45) is 1.25. The molecule has 0 unspecified atom stereocenters. The van der Waals surface area contributed by atoms with Gasteiger partial charge in [-0.3, -0.25) is 0 Å². The van der Waals surface area contributed by atoms with Gasteiger partial charge in [0, 0.05) is 11.8 Å². The van der Waals surface area contributed by atoms with E-state index in [9.17, 15) is 21.6 Å². The average Bonchev–Trinajstić information content (AvgIpc) is 2.76. The zero-order chi connectivity index (χ0) is 14.1. The summed E-state index contributed by atoms with van der Waals surface area (Å²) in [6, 6.07) is 7.75. The summed E-state index contributed by atoms with van der Waals surface area (Å²) in [5.74, 6) is 0. The Morgan fingerprint density at radius 2 is 1.79 bits per heavy atom. The van der Waals surface area contributed by atoms with Gasteiger partial charge in [-0.2, -0.15) is 26.6 Å². The van der Waals surface area contributed by atoms with Gasteiger partial charge in [0.05, 0.1) is 5.69 Å². The second-order valence-corrected chi connectivity index (χ2v) is 4.98. The third-order valence-corrected chi connectivity index (χ3v) is 3.04. The Hall–Kier alpha value is -2.03. The molecule has 1 heterocycles. The van der Waals surface area contributed by atoms with Crippen LogP contribution in [0.15, 0.2) is 36.5 Å². The van der Waals surface area contributed by atoms with Crippen molar-refractivity contribution in [2.45, 2.75) is 5.51 Å². The van der Waals surface area contributed by atoms with Crippen LogP contribution in [-0.2, 0) is 10.1 Å². The standard InChI is InChI=1S/C10H7F3N2O3S/c11-10(12,13)19(16,17)18-9-14-6-8(15-9)7-4-2-1-3-5-7/h1-6H,(H,14,15). The maximum absolute atomic E-state index is 12.1. The van der Waals surface area contributed by atoms with Gasteiger partial charge in [-0.25, -0.2) is 0 Å². The largest absolute Gasteiger partial charge is 0.534 e. The molecular weight excluding hydrogens is 285 g/mol. The number of rotatable bonds is 3. The Balaban J connectivity index is 2.24. The number of hydrogen-bond donors (Lipinski definition) is 1. The van der Waals surface area contributed by atoms with Crippen LogP contribution in [0.4, 0.5) is 13.2 Å². The molecular formula is C10H7F3N2O3S. The number of nitrogens with one attached hydrogen (secondary N) is 1. The van der Waals surface area contributed by atoms with Gasteiger partial charge in [0.2, 0.25) is 0 Å². The average molecular weight is 292 g/mol. The van der Waals surface area contributed by atoms with Crippen molar-refractivity contribution in [2.24, 2.45) is 0 Å². The fourth-order valence-electron chi connectivity index (χ4n) is 1.25. The lowest BCUT2D eigenvalue weighted by Crippen LogP contribution is -2.28. The Bertz CT molecular complexity index is 665. The molecule has 0 atom stereocenters. The Morgan fingerprint density at radius 1 is 1.16 bits per heavy atom. The van der Waals surface area contributed by atoms with Crippen molar-refractivity contribution in [3.05, 3.63) is 36.5 Å². The van der Waals surface area contributed by atoms with Crippen molar-refractivity contribution in [1.82, 2.24) is 9.97 Å². The summed E-state index contributed by atoms with van der Waals surface area (Å²) in [5.41, 5.74) is -4.61. The maximum atomic E-state index is 12.1. The molecule has 0 aliphatic rings. The van der Waals surface area contributed by atoms with Gasteiger partial charge in [0.25, 0.3) is 0 Å². The summed E-state index contributed by atoms with van der Waals surface area (Å²) < 4.78 is 61.7. The molecule has 0 fully saturated rings. The van der Waals surface area contributed by atoms with Crippen molar-refractivity contribution in [3.8, 4) is 17.3 Å². The van der Waals surface area contributed by atoms with Gasteiger partial charge in [-0.15, -0.1) is 0 Å². The lowest BCUT2D eigenvalue weighted by Gasteiger charge is -2.06. The molecule has 1 aromatic heterocycles. The second kappa shape index (κ2) is 4.57. The van der Waals surface area contributed by atoms with E-state index in [2.05, 4.69) is 14.2 Å². The van der Waals surface area contributed by atoms with Gasteiger partial charge >= 0.3 is 21.6 Å². The number of imidazole rings is 1.